The highest BCUT2D eigenvalue weighted by atomic mass is 16.7. The van der Waals surface area contributed by atoms with Crippen molar-refractivity contribution in [1.29, 1.82) is 0 Å². The van der Waals surface area contributed by atoms with Gasteiger partial charge in [0, 0.05) is 12.8 Å². The Morgan fingerprint density at radius 2 is 1.88 bits per heavy atom. The SMILES string of the molecule is O=C(ON1C(=O)CCC1=O)C1=CC=CCC=C1. The Hall–Kier alpha value is -2.17. The van der Waals surface area contributed by atoms with Gasteiger partial charge in [-0.3, -0.25) is 9.59 Å². The smallest absolute Gasteiger partial charge is 0.325 e. The molecule has 17 heavy (non-hydrogen) atoms. The molecule has 2 aliphatic rings. The molecule has 5 heteroatoms. The van der Waals surface area contributed by atoms with Gasteiger partial charge in [-0.1, -0.05) is 24.3 Å². The van der Waals surface area contributed by atoms with Gasteiger partial charge in [0.05, 0.1) is 5.57 Å². The molecule has 0 N–H and O–H groups in total. The monoisotopic (exact) mass is 233 g/mol. The van der Waals surface area contributed by atoms with E-state index in [1.807, 2.05) is 6.08 Å². The van der Waals surface area contributed by atoms with Crippen molar-refractivity contribution in [1.82, 2.24) is 5.06 Å². The highest BCUT2D eigenvalue weighted by Crippen LogP contribution is 2.15. The Bertz CT molecular complexity index is 443. The second kappa shape index (κ2) is 4.78. The molecule has 2 amide bonds. The van der Waals surface area contributed by atoms with Gasteiger partial charge in [-0.2, -0.15) is 0 Å². The lowest BCUT2D eigenvalue weighted by Gasteiger charge is -2.12. The number of carbonyl (C=O) groups is 3. The standard InChI is InChI=1S/C12H11NO4/c14-10-7-8-11(15)13(10)17-12(16)9-5-3-1-2-4-6-9/h1,3-6H,2,7-8H2. The summed E-state index contributed by atoms with van der Waals surface area (Å²) in [6.45, 7) is 0. The van der Waals surface area contributed by atoms with Gasteiger partial charge in [0.1, 0.15) is 0 Å². The fourth-order valence-electron chi connectivity index (χ4n) is 1.51. The molecule has 0 atom stereocenters. The van der Waals surface area contributed by atoms with Crippen LogP contribution in [0.3, 0.4) is 0 Å². The van der Waals surface area contributed by atoms with Gasteiger partial charge in [0.25, 0.3) is 11.8 Å². The number of imide groups is 1. The molecule has 2 rings (SSSR count). The van der Waals surface area contributed by atoms with Crippen LogP contribution in [0.15, 0.2) is 36.0 Å². The van der Waals surface area contributed by atoms with E-state index in [9.17, 15) is 14.4 Å². The van der Waals surface area contributed by atoms with Gasteiger partial charge < -0.3 is 4.84 Å². The summed E-state index contributed by atoms with van der Waals surface area (Å²) in [4.78, 5) is 38.9. The number of hydroxylamine groups is 2. The van der Waals surface area contributed by atoms with E-state index in [1.54, 1.807) is 24.3 Å². The first kappa shape index (κ1) is 11.3. The zero-order valence-corrected chi connectivity index (χ0v) is 9.09. The minimum Gasteiger partial charge on any atom is -0.325 e. The normalized spacial score (nSPS) is 19.3. The molecule has 88 valence electrons. The Morgan fingerprint density at radius 1 is 1.18 bits per heavy atom. The van der Waals surface area contributed by atoms with Crippen LogP contribution in [-0.2, 0) is 19.2 Å². The first-order valence-electron chi connectivity index (χ1n) is 5.30. The number of carbonyl (C=O) groups excluding carboxylic acids is 3. The molecule has 0 aromatic rings. The number of rotatable bonds is 2. The molecule has 0 saturated carbocycles. The van der Waals surface area contributed by atoms with E-state index in [2.05, 4.69) is 0 Å². The number of amides is 2. The molecule has 1 fully saturated rings. The van der Waals surface area contributed by atoms with Crippen molar-refractivity contribution in [2.75, 3.05) is 0 Å². The van der Waals surface area contributed by atoms with E-state index in [4.69, 9.17) is 4.84 Å². The van der Waals surface area contributed by atoms with Crippen molar-refractivity contribution in [3.05, 3.63) is 36.0 Å². The van der Waals surface area contributed by atoms with Gasteiger partial charge >= 0.3 is 5.97 Å². The molecular weight excluding hydrogens is 222 g/mol. The predicted octanol–water partition coefficient (Wildman–Crippen LogP) is 1.04. The molecule has 5 nitrogen and oxygen atoms in total. The summed E-state index contributed by atoms with van der Waals surface area (Å²) in [6.07, 6.45) is 9.51. The van der Waals surface area contributed by atoms with Gasteiger partial charge in [-0.25, -0.2) is 4.79 Å². The van der Waals surface area contributed by atoms with E-state index in [0.717, 1.165) is 6.42 Å². The summed E-state index contributed by atoms with van der Waals surface area (Å²) < 4.78 is 0. The number of hydrogen-bond acceptors (Lipinski definition) is 4. The maximum Gasteiger partial charge on any atom is 0.363 e. The lowest BCUT2D eigenvalue weighted by atomic mass is 10.2. The van der Waals surface area contributed by atoms with Crippen LogP contribution < -0.4 is 0 Å². The summed E-state index contributed by atoms with van der Waals surface area (Å²) >= 11 is 0. The molecular formula is C12H11NO4. The van der Waals surface area contributed by atoms with Crippen LogP contribution in [0.25, 0.3) is 0 Å². The van der Waals surface area contributed by atoms with Crippen molar-refractivity contribution in [2.24, 2.45) is 0 Å². The first-order valence-corrected chi connectivity index (χ1v) is 5.30. The van der Waals surface area contributed by atoms with Crippen molar-refractivity contribution in [2.45, 2.75) is 19.3 Å². The van der Waals surface area contributed by atoms with Crippen molar-refractivity contribution in [3.63, 3.8) is 0 Å². The maximum absolute atomic E-state index is 11.7. The van der Waals surface area contributed by atoms with Crippen LogP contribution in [0.5, 0.6) is 0 Å². The van der Waals surface area contributed by atoms with Gasteiger partial charge in [-0.15, -0.1) is 5.06 Å². The fraction of sp³-hybridized carbons (Fsp3) is 0.250. The van der Waals surface area contributed by atoms with Crippen LogP contribution in [0, 0.1) is 0 Å². The average Bonchev–Trinajstić information content (AvgIpc) is 2.59. The molecule has 0 spiro atoms. The molecule has 0 radical (unpaired) electrons. The zero-order chi connectivity index (χ0) is 12.3. The van der Waals surface area contributed by atoms with Crippen LogP contribution in [0.4, 0.5) is 0 Å². The quantitative estimate of drug-likeness (QED) is 0.668. The molecule has 0 unspecified atom stereocenters. The van der Waals surface area contributed by atoms with Crippen LogP contribution in [-0.4, -0.2) is 22.8 Å². The van der Waals surface area contributed by atoms with E-state index in [1.165, 1.54) is 0 Å². The zero-order valence-electron chi connectivity index (χ0n) is 9.09. The van der Waals surface area contributed by atoms with Gasteiger partial charge in [0.15, 0.2) is 0 Å². The highest BCUT2D eigenvalue weighted by Gasteiger charge is 2.33. The maximum atomic E-state index is 11.7. The lowest BCUT2D eigenvalue weighted by molar-refractivity contribution is -0.194. The molecule has 1 heterocycles. The topological polar surface area (TPSA) is 63.7 Å². The molecule has 1 aliphatic heterocycles. The number of allylic oxidation sites excluding steroid dienone is 4. The second-order valence-electron chi connectivity index (χ2n) is 3.65. The average molecular weight is 233 g/mol. The summed E-state index contributed by atoms with van der Waals surface area (Å²) in [6, 6.07) is 0. The Morgan fingerprint density at radius 3 is 2.59 bits per heavy atom. The molecule has 1 saturated heterocycles. The van der Waals surface area contributed by atoms with Crippen LogP contribution >= 0.6 is 0 Å². The van der Waals surface area contributed by atoms with Crippen LogP contribution in [0.2, 0.25) is 0 Å². The third kappa shape index (κ3) is 2.50. The Labute approximate surface area is 98.0 Å². The third-order valence-corrected chi connectivity index (χ3v) is 2.40. The van der Waals surface area contributed by atoms with Crippen molar-refractivity contribution >= 4 is 17.8 Å². The van der Waals surface area contributed by atoms with Crippen molar-refractivity contribution in [3.8, 4) is 0 Å². The van der Waals surface area contributed by atoms with E-state index in [0.29, 0.717) is 10.6 Å². The number of hydrogen-bond donors (Lipinski definition) is 0. The van der Waals surface area contributed by atoms with Crippen LogP contribution in [0.1, 0.15) is 19.3 Å². The van der Waals surface area contributed by atoms with E-state index < -0.39 is 17.8 Å². The second-order valence-corrected chi connectivity index (χ2v) is 3.65. The number of nitrogens with zero attached hydrogens (tertiary/aromatic N) is 1. The first-order chi connectivity index (χ1) is 8.18. The fourth-order valence-corrected chi connectivity index (χ4v) is 1.51. The predicted molar refractivity (Wildman–Crippen MR) is 58.2 cm³/mol. The Kier molecular flexibility index (Phi) is 3.18. The summed E-state index contributed by atoms with van der Waals surface area (Å²) in [7, 11) is 0. The highest BCUT2D eigenvalue weighted by molar-refractivity contribution is 6.03. The lowest BCUT2D eigenvalue weighted by Crippen LogP contribution is -2.32. The minimum atomic E-state index is -0.698. The van der Waals surface area contributed by atoms with E-state index in [-0.39, 0.29) is 12.8 Å². The summed E-state index contributed by atoms with van der Waals surface area (Å²) in [5.41, 5.74) is 0.311. The molecule has 0 bridgehead atoms. The largest absolute Gasteiger partial charge is 0.363 e. The Balaban J connectivity index is 2.06. The minimum absolute atomic E-state index is 0.0981. The van der Waals surface area contributed by atoms with Gasteiger partial charge in [-0.05, 0) is 12.5 Å². The van der Waals surface area contributed by atoms with E-state index >= 15 is 0 Å². The van der Waals surface area contributed by atoms with Crippen molar-refractivity contribution < 1.29 is 19.2 Å². The van der Waals surface area contributed by atoms with Gasteiger partial charge in [0.2, 0.25) is 0 Å². The molecule has 0 aromatic heterocycles. The summed E-state index contributed by atoms with van der Waals surface area (Å²) in [5.74, 6) is -1.65. The summed E-state index contributed by atoms with van der Waals surface area (Å²) in [5, 5.41) is 0.547. The molecule has 0 aromatic carbocycles. The molecule has 1 aliphatic carbocycles. The third-order valence-electron chi connectivity index (χ3n) is 2.40.